The van der Waals surface area contributed by atoms with Gasteiger partial charge in [-0.25, -0.2) is 13.1 Å². The molecule has 3 rings (SSSR count). The van der Waals surface area contributed by atoms with Crippen LogP contribution in [-0.4, -0.2) is 58.6 Å². The van der Waals surface area contributed by atoms with E-state index in [0.29, 0.717) is 24.2 Å². The number of carbonyl (C=O) groups is 1. The number of carbonyl (C=O) groups excluding carboxylic acids is 1. The van der Waals surface area contributed by atoms with Gasteiger partial charge in [0.25, 0.3) is 0 Å². The number of amides is 1. The number of likely N-dealkylation sites (tertiary alicyclic amines) is 1. The average Bonchev–Trinajstić information content (AvgIpc) is 3.00. The van der Waals surface area contributed by atoms with E-state index in [0.717, 1.165) is 39.0 Å². The van der Waals surface area contributed by atoms with Gasteiger partial charge in [0.05, 0.1) is 11.5 Å². The van der Waals surface area contributed by atoms with Crippen molar-refractivity contribution in [1.29, 1.82) is 0 Å². The number of sulfonamides is 1. The zero-order chi connectivity index (χ0) is 19.3. The molecule has 2 saturated heterocycles. The highest BCUT2D eigenvalue weighted by molar-refractivity contribution is 7.89. The molecule has 0 bridgehead atoms. The van der Waals surface area contributed by atoms with Crippen LogP contribution in [0.15, 0.2) is 29.2 Å². The Morgan fingerprint density at radius 1 is 1.18 bits per heavy atom. The lowest BCUT2D eigenvalue weighted by Crippen LogP contribution is -2.35. The highest BCUT2D eigenvalue weighted by atomic mass is 35.5. The second-order valence-electron chi connectivity index (χ2n) is 7.19. The van der Waals surface area contributed by atoms with Crippen LogP contribution in [0.25, 0.3) is 0 Å². The maximum Gasteiger partial charge on any atom is 0.240 e. The van der Waals surface area contributed by atoms with Crippen LogP contribution in [0.2, 0.25) is 0 Å². The summed E-state index contributed by atoms with van der Waals surface area (Å²) in [4.78, 5) is 14.5. The van der Waals surface area contributed by atoms with E-state index in [1.165, 1.54) is 12.1 Å². The summed E-state index contributed by atoms with van der Waals surface area (Å²) in [6.07, 6.45) is 2.24. The summed E-state index contributed by atoms with van der Waals surface area (Å²) in [5.41, 5.74) is 0. The Balaban J connectivity index is 0.00000280. The van der Waals surface area contributed by atoms with Gasteiger partial charge in [-0.1, -0.05) is 0 Å². The van der Waals surface area contributed by atoms with Crippen molar-refractivity contribution >= 4 is 28.3 Å². The van der Waals surface area contributed by atoms with Gasteiger partial charge in [-0.2, -0.15) is 0 Å². The molecule has 0 spiro atoms. The van der Waals surface area contributed by atoms with Crippen LogP contribution in [0.1, 0.15) is 26.2 Å². The third kappa shape index (κ3) is 5.83. The average molecular weight is 432 g/mol. The van der Waals surface area contributed by atoms with Crippen LogP contribution < -0.4 is 14.8 Å². The number of fused-ring (bicyclic) bond motifs is 1. The Labute approximate surface area is 173 Å². The van der Waals surface area contributed by atoms with Gasteiger partial charge in [-0.05, 0) is 69.0 Å². The molecular formula is C19H30ClN3O4S. The van der Waals surface area contributed by atoms with Crippen molar-refractivity contribution < 1.29 is 17.9 Å². The Bertz CT molecular complexity index is 728. The van der Waals surface area contributed by atoms with Gasteiger partial charge in [0.15, 0.2) is 0 Å². The summed E-state index contributed by atoms with van der Waals surface area (Å²) in [5.74, 6) is 1.99. The Hall–Kier alpha value is -1.35. The minimum atomic E-state index is -3.62. The van der Waals surface area contributed by atoms with Gasteiger partial charge in [0.2, 0.25) is 15.9 Å². The molecule has 0 aromatic heterocycles. The first-order valence-corrected chi connectivity index (χ1v) is 11.2. The zero-order valence-electron chi connectivity index (χ0n) is 16.2. The molecule has 158 valence electrons. The lowest BCUT2D eigenvalue weighted by Gasteiger charge is -2.21. The van der Waals surface area contributed by atoms with Crippen LogP contribution in [-0.2, 0) is 14.8 Å². The lowest BCUT2D eigenvalue weighted by molar-refractivity contribution is -0.131. The van der Waals surface area contributed by atoms with Gasteiger partial charge in [-0.15, -0.1) is 12.4 Å². The quantitative estimate of drug-likeness (QED) is 0.685. The third-order valence-electron chi connectivity index (χ3n) is 5.45. The molecular weight excluding hydrogens is 402 g/mol. The van der Waals surface area contributed by atoms with Crippen molar-refractivity contribution in [1.82, 2.24) is 14.9 Å². The molecule has 1 amide bonds. The van der Waals surface area contributed by atoms with E-state index >= 15 is 0 Å². The van der Waals surface area contributed by atoms with Crippen molar-refractivity contribution in [2.75, 3.05) is 39.3 Å². The van der Waals surface area contributed by atoms with E-state index in [1.54, 1.807) is 12.1 Å². The SMILES string of the molecule is CCOc1ccc(S(=O)(=O)NCCC(=O)N2CC[C@@H]3CNC[C@@H]3CC2)cc1.Cl. The van der Waals surface area contributed by atoms with Crippen LogP contribution in [0.4, 0.5) is 0 Å². The molecule has 2 N–H and O–H groups in total. The monoisotopic (exact) mass is 431 g/mol. The minimum Gasteiger partial charge on any atom is -0.494 e. The molecule has 1 aromatic rings. The molecule has 28 heavy (non-hydrogen) atoms. The maximum atomic E-state index is 12.5. The predicted molar refractivity (Wildman–Crippen MR) is 110 cm³/mol. The first kappa shape index (κ1) is 22.9. The molecule has 0 unspecified atom stereocenters. The van der Waals surface area contributed by atoms with E-state index in [-0.39, 0.29) is 36.2 Å². The van der Waals surface area contributed by atoms with Gasteiger partial charge in [0, 0.05) is 26.1 Å². The molecule has 2 atom stereocenters. The molecule has 0 saturated carbocycles. The summed E-state index contributed by atoms with van der Waals surface area (Å²) in [7, 11) is -3.62. The third-order valence-corrected chi connectivity index (χ3v) is 6.92. The van der Waals surface area contributed by atoms with E-state index in [1.807, 2.05) is 11.8 Å². The normalized spacial score (nSPS) is 22.1. The summed E-state index contributed by atoms with van der Waals surface area (Å²) < 4.78 is 32.6. The van der Waals surface area contributed by atoms with Gasteiger partial charge < -0.3 is 15.0 Å². The molecule has 1 aromatic carbocycles. The second kappa shape index (κ2) is 10.4. The summed E-state index contributed by atoms with van der Waals surface area (Å²) in [6, 6.07) is 6.28. The molecule has 2 fully saturated rings. The molecule has 2 aliphatic heterocycles. The molecule has 2 heterocycles. The van der Waals surface area contributed by atoms with Crippen molar-refractivity contribution in [2.24, 2.45) is 11.8 Å². The Morgan fingerprint density at radius 3 is 2.36 bits per heavy atom. The van der Waals surface area contributed by atoms with E-state index in [4.69, 9.17) is 4.74 Å². The van der Waals surface area contributed by atoms with Gasteiger partial charge in [0.1, 0.15) is 5.75 Å². The first-order chi connectivity index (χ1) is 13.0. The number of hydrogen-bond donors (Lipinski definition) is 2. The van der Waals surface area contributed by atoms with Gasteiger partial charge >= 0.3 is 0 Å². The summed E-state index contributed by atoms with van der Waals surface area (Å²) in [5, 5.41) is 3.43. The van der Waals surface area contributed by atoms with E-state index in [2.05, 4.69) is 10.0 Å². The molecule has 9 heteroatoms. The molecule has 7 nitrogen and oxygen atoms in total. The summed E-state index contributed by atoms with van der Waals surface area (Å²) >= 11 is 0. The topological polar surface area (TPSA) is 87.7 Å². The number of nitrogens with one attached hydrogen (secondary N) is 2. The second-order valence-corrected chi connectivity index (χ2v) is 8.96. The van der Waals surface area contributed by atoms with E-state index in [9.17, 15) is 13.2 Å². The van der Waals surface area contributed by atoms with Crippen molar-refractivity contribution in [3.8, 4) is 5.75 Å². The number of halogens is 1. The number of rotatable bonds is 7. The largest absolute Gasteiger partial charge is 0.494 e. The minimum absolute atomic E-state index is 0. The Morgan fingerprint density at radius 2 is 1.79 bits per heavy atom. The molecule has 0 aliphatic carbocycles. The number of ether oxygens (including phenoxy) is 1. The van der Waals surface area contributed by atoms with Crippen molar-refractivity contribution in [3.05, 3.63) is 24.3 Å². The van der Waals surface area contributed by atoms with Crippen LogP contribution >= 0.6 is 12.4 Å². The zero-order valence-corrected chi connectivity index (χ0v) is 17.9. The summed E-state index contributed by atoms with van der Waals surface area (Å²) in [6.45, 7) is 6.15. The number of hydrogen-bond acceptors (Lipinski definition) is 5. The first-order valence-electron chi connectivity index (χ1n) is 9.70. The van der Waals surface area contributed by atoms with Gasteiger partial charge in [-0.3, -0.25) is 4.79 Å². The van der Waals surface area contributed by atoms with Crippen molar-refractivity contribution in [3.63, 3.8) is 0 Å². The molecule has 0 radical (unpaired) electrons. The lowest BCUT2D eigenvalue weighted by atomic mass is 9.92. The Kier molecular flexibility index (Phi) is 8.55. The highest BCUT2D eigenvalue weighted by Gasteiger charge is 2.31. The fourth-order valence-corrected chi connectivity index (χ4v) is 4.91. The standard InChI is InChI=1S/C19H29N3O4S.ClH/c1-2-26-17-3-5-18(6-4-17)27(24,25)21-10-7-19(23)22-11-8-15-13-20-14-16(15)9-12-22;/h3-6,15-16,20-21H,2,7-14H2,1H3;1H/t15-,16+;. The molecule has 2 aliphatic rings. The highest BCUT2D eigenvalue weighted by Crippen LogP contribution is 2.27. The van der Waals surface area contributed by atoms with Crippen molar-refractivity contribution in [2.45, 2.75) is 31.1 Å². The number of benzene rings is 1. The van der Waals surface area contributed by atoms with Crippen LogP contribution in [0.5, 0.6) is 5.75 Å². The fraction of sp³-hybridized carbons (Fsp3) is 0.632. The van der Waals surface area contributed by atoms with E-state index < -0.39 is 10.0 Å². The fourth-order valence-electron chi connectivity index (χ4n) is 3.88. The predicted octanol–water partition coefficient (Wildman–Crippen LogP) is 1.63. The van der Waals surface area contributed by atoms with Crippen LogP contribution in [0, 0.1) is 11.8 Å². The van der Waals surface area contributed by atoms with Crippen LogP contribution in [0.3, 0.4) is 0 Å². The maximum absolute atomic E-state index is 12.5. The number of nitrogens with zero attached hydrogens (tertiary/aromatic N) is 1. The smallest absolute Gasteiger partial charge is 0.240 e.